The quantitative estimate of drug-likeness (QED) is 0.939. The molecule has 0 saturated carbocycles. The van der Waals surface area contributed by atoms with E-state index in [1.165, 1.54) is 0 Å². The number of sulfonamides is 1. The number of hydrogen-bond donors (Lipinski definition) is 1. The molecule has 1 aliphatic rings. The van der Waals surface area contributed by atoms with Gasteiger partial charge in [0.25, 0.3) is 0 Å². The summed E-state index contributed by atoms with van der Waals surface area (Å²) >= 11 is 0. The molecule has 1 aromatic heterocycles. The van der Waals surface area contributed by atoms with Crippen LogP contribution >= 0.6 is 0 Å². The molecular formula is C17H23N3O2S. The normalized spacial score (nSPS) is 17.5. The van der Waals surface area contributed by atoms with Crippen molar-refractivity contribution in [3.8, 4) is 0 Å². The van der Waals surface area contributed by atoms with Crippen LogP contribution in [-0.2, 0) is 10.0 Å². The number of piperidine rings is 1. The largest absolute Gasteiger partial charge is 0.348 e. The molecule has 1 saturated heterocycles. The van der Waals surface area contributed by atoms with E-state index in [9.17, 15) is 8.42 Å². The van der Waals surface area contributed by atoms with E-state index in [2.05, 4.69) is 9.97 Å². The Kier molecular flexibility index (Phi) is 4.29. The Morgan fingerprint density at radius 3 is 2.26 bits per heavy atom. The number of hydrogen-bond acceptors (Lipinski definition) is 3. The first kappa shape index (κ1) is 16.2. The Bertz CT molecular complexity index is 766. The molecule has 23 heavy (non-hydrogen) atoms. The van der Waals surface area contributed by atoms with E-state index < -0.39 is 10.0 Å². The fraction of sp³-hybridized carbons (Fsp3) is 0.471. The summed E-state index contributed by atoms with van der Waals surface area (Å²) < 4.78 is 27.7. The number of nitrogens with zero attached hydrogens (tertiary/aromatic N) is 2. The Labute approximate surface area is 137 Å². The van der Waals surface area contributed by atoms with Gasteiger partial charge < -0.3 is 4.98 Å². The lowest BCUT2D eigenvalue weighted by Gasteiger charge is -2.31. The number of H-pyrrole nitrogens is 1. The fourth-order valence-electron chi connectivity index (χ4n) is 3.57. The molecule has 0 bridgehead atoms. The number of aryl methyl sites for hydroxylation is 3. The molecule has 0 spiro atoms. The average Bonchev–Trinajstić information content (AvgIpc) is 3.00. The van der Waals surface area contributed by atoms with Crippen LogP contribution in [0.1, 0.15) is 41.3 Å². The molecule has 3 rings (SSSR count). The average molecular weight is 333 g/mol. The van der Waals surface area contributed by atoms with Gasteiger partial charge in [0.05, 0.1) is 4.90 Å². The fourth-order valence-corrected chi connectivity index (χ4v) is 5.45. The Balaban J connectivity index is 1.82. The standard InChI is InChI=1S/C17H23N3O2S/c1-12-10-13(2)16(14(3)11-12)23(21,22)20-8-4-15(5-9-20)17-18-6-7-19-17/h6-7,10-11,15H,4-5,8-9H2,1-3H3,(H,18,19). The van der Waals surface area contributed by atoms with Crippen LogP contribution in [0, 0.1) is 20.8 Å². The van der Waals surface area contributed by atoms with E-state index in [-0.39, 0.29) is 0 Å². The number of rotatable bonds is 3. The van der Waals surface area contributed by atoms with Crippen molar-refractivity contribution < 1.29 is 8.42 Å². The van der Waals surface area contributed by atoms with Crippen molar-refractivity contribution in [3.63, 3.8) is 0 Å². The second-order valence-corrected chi connectivity index (χ2v) is 8.26. The highest BCUT2D eigenvalue weighted by molar-refractivity contribution is 7.89. The molecule has 0 amide bonds. The number of benzene rings is 1. The lowest BCUT2D eigenvalue weighted by Crippen LogP contribution is -2.38. The molecule has 5 nitrogen and oxygen atoms in total. The number of aromatic amines is 1. The first-order valence-corrected chi connectivity index (χ1v) is 9.41. The van der Waals surface area contributed by atoms with Crippen LogP contribution in [0.3, 0.4) is 0 Å². The third-order valence-corrected chi connectivity index (χ3v) is 6.77. The highest BCUT2D eigenvalue weighted by atomic mass is 32.2. The third-order valence-electron chi connectivity index (χ3n) is 4.56. The number of nitrogens with one attached hydrogen (secondary N) is 1. The van der Waals surface area contributed by atoms with E-state index >= 15 is 0 Å². The van der Waals surface area contributed by atoms with Crippen molar-refractivity contribution in [2.24, 2.45) is 0 Å². The maximum Gasteiger partial charge on any atom is 0.243 e. The molecule has 1 aliphatic heterocycles. The molecule has 0 atom stereocenters. The lowest BCUT2D eigenvalue weighted by atomic mass is 9.98. The van der Waals surface area contributed by atoms with Crippen LogP contribution in [-0.4, -0.2) is 35.8 Å². The zero-order valence-electron chi connectivity index (χ0n) is 13.8. The van der Waals surface area contributed by atoms with E-state index in [1.807, 2.05) is 39.1 Å². The molecule has 2 heterocycles. The minimum atomic E-state index is -3.43. The van der Waals surface area contributed by atoms with Crippen LogP contribution in [0.25, 0.3) is 0 Å². The van der Waals surface area contributed by atoms with Crippen LogP contribution in [0.4, 0.5) is 0 Å². The van der Waals surface area contributed by atoms with Gasteiger partial charge in [-0.1, -0.05) is 17.7 Å². The van der Waals surface area contributed by atoms with Gasteiger partial charge in [-0.3, -0.25) is 0 Å². The molecule has 2 aromatic rings. The van der Waals surface area contributed by atoms with Gasteiger partial charge in [0.15, 0.2) is 0 Å². The minimum absolute atomic E-state index is 0.316. The zero-order valence-corrected chi connectivity index (χ0v) is 14.7. The van der Waals surface area contributed by atoms with Crippen LogP contribution in [0.2, 0.25) is 0 Å². The van der Waals surface area contributed by atoms with Crippen molar-refractivity contribution in [1.82, 2.24) is 14.3 Å². The Morgan fingerprint density at radius 1 is 1.13 bits per heavy atom. The molecule has 1 fully saturated rings. The second-order valence-electron chi connectivity index (χ2n) is 6.38. The molecule has 0 aliphatic carbocycles. The monoisotopic (exact) mass is 333 g/mol. The van der Waals surface area contributed by atoms with Gasteiger partial charge in [-0.2, -0.15) is 4.31 Å². The topological polar surface area (TPSA) is 66.1 Å². The molecule has 0 radical (unpaired) electrons. The second kappa shape index (κ2) is 6.09. The Morgan fingerprint density at radius 2 is 1.74 bits per heavy atom. The maximum absolute atomic E-state index is 13.0. The summed E-state index contributed by atoms with van der Waals surface area (Å²) in [5.41, 5.74) is 2.75. The summed E-state index contributed by atoms with van der Waals surface area (Å²) in [5, 5.41) is 0. The van der Waals surface area contributed by atoms with E-state index in [0.29, 0.717) is 23.9 Å². The summed E-state index contributed by atoms with van der Waals surface area (Å²) in [6.45, 7) is 6.83. The predicted molar refractivity (Wildman–Crippen MR) is 90.0 cm³/mol. The summed E-state index contributed by atoms with van der Waals surface area (Å²) in [6, 6.07) is 3.88. The van der Waals surface area contributed by atoms with Crippen LogP contribution in [0.5, 0.6) is 0 Å². The predicted octanol–water partition coefficient (Wildman–Crippen LogP) is 2.90. The highest BCUT2D eigenvalue weighted by Gasteiger charge is 2.32. The number of imidazole rings is 1. The molecule has 124 valence electrons. The van der Waals surface area contributed by atoms with Crippen molar-refractivity contribution in [2.45, 2.75) is 44.4 Å². The van der Waals surface area contributed by atoms with Gasteiger partial charge in [-0.25, -0.2) is 13.4 Å². The van der Waals surface area contributed by atoms with Gasteiger partial charge in [0, 0.05) is 31.4 Å². The molecule has 6 heteroatoms. The highest BCUT2D eigenvalue weighted by Crippen LogP contribution is 2.31. The first-order valence-electron chi connectivity index (χ1n) is 7.97. The smallest absolute Gasteiger partial charge is 0.243 e. The summed E-state index contributed by atoms with van der Waals surface area (Å²) in [6.07, 6.45) is 5.17. The Hall–Kier alpha value is -1.66. The molecule has 1 aromatic carbocycles. The maximum atomic E-state index is 13.0. The molecular weight excluding hydrogens is 310 g/mol. The number of aromatic nitrogens is 2. The van der Waals surface area contributed by atoms with Gasteiger partial charge in [0.2, 0.25) is 10.0 Å². The molecule has 0 unspecified atom stereocenters. The SMILES string of the molecule is Cc1cc(C)c(S(=O)(=O)N2CCC(c3ncc[nH]3)CC2)c(C)c1. The van der Waals surface area contributed by atoms with Crippen LogP contribution < -0.4 is 0 Å². The summed E-state index contributed by atoms with van der Waals surface area (Å²) in [5.74, 6) is 1.28. The summed E-state index contributed by atoms with van der Waals surface area (Å²) in [4.78, 5) is 7.91. The van der Waals surface area contributed by atoms with Gasteiger partial charge in [0.1, 0.15) is 5.82 Å². The lowest BCUT2D eigenvalue weighted by molar-refractivity contribution is 0.314. The van der Waals surface area contributed by atoms with Gasteiger partial charge in [-0.15, -0.1) is 0 Å². The third kappa shape index (κ3) is 3.05. The first-order chi connectivity index (χ1) is 10.9. The van der Waals surface area contributed by atoms with Crippen molar-refractivity contribution >= 4 is 10.0 Å². The van der Waals surface area contributed by atoms with Crippen molar-refractivity contribution in [2.75, 3.05) is 13.1 Å². The van der Waals surface area contributed by atoms with Crippen LogP contribution in [0.15, 0.2) is 29.4 Å². The van der Waals surface area contributed by atoms with Gasteiger partial charge in [-0.05, 0) is 44.7 Å². The summed E-state index contributed by atoms with van der Waals surface area (Å²) in [7, 11) is -3.43. The van der Waals surface area contributed by atoms with Crippen molar-refractivity contribution in [3.05, 3.63) is 47.0 Å². The van der Waals surface area contributed by atoms with Crippen molar-refractivity contribution in [1.29, 1.82) is 0 Å². The van der Waals surface area contributed by atoms with E-state index in [4.69, 9.17) is 0 Å². The van der Waals surface area contributed by atoms with E-state index in [1.54, 1.807) is 10.5 Å². The van der Waals surface area contributed by atoms with Gasteiger partial charge >= 0.3 is 0 Å². The van der Waals surface area contributed by atoms with E-state index in [0.717, 1.165) is 35.4 Å². The zero-order chi connectivity index (χ0) is 16.6. The molecule has 1 N–H and O–H groups in total. The minimum Gasteiger partial charge on any atom is -0.348 e.